The SMILES string of the molecule is CCN(CC)CCCN(CC)CC(=O)c1cc(Br)sc1Br. The molecule has 1 aromatic heterocycles. The first kappa shape index (κ1) is 19.3. The lowest BCUT2D eigenvalue weighted by Crippen LogP contribution is -2.33. The highest BCUT2D eigenvalue weighted by Crippen LogP contribution is 2.32. The van der Waals surface area contributed by atoms with Crippen molar-refractivity contribution in [1.29, 1.82) is 0 Å². The molecule has 0 aliphatic heterocycles. The van der Waals surface area contributed by atoms with Crippen LogP contribution in [0.3, 0.4) is 0 Å². The number of carbonyl (C=O) groups excluding carboxylic acids is 1. The van der Waals surface area contributed by atoms with Crippen molar-refractivity contribution in [3.05, 3.63) is 19.2 Å². The van der Waals surface area contributed by atoms with Crippen LogP contribution in [-0.2, 0) is 0 Å². The zero-order valence-electron chi connectivity index (χ0n) is 13.0. The zero-order valence-corrected chi connectivity index (χ0v) is 17.0. The maximum atomic E-state index is 12.4. The third-order valence-corrected chi connectivity index (χ3v) is 5.95. The Morgan fingerprint density at radius 1 is 1.10 bits per heavy atom. The van der Waals surface area contributed by atoms with Crippen molar-refractivity contribution in [2.75, 3.05) is 39.3 Å². The third kappa shape index (κ3) is 6.48. The minimum atomic E-state index is 0.188. The highest BCUT2D eigenvalue weighted by molar-refractivity contribution is 9.12. The highest BCUT2D eigenvalue weighted by atomic mass is 79.9. The molecule has 0 fully saturated rings. The molecule has 0 atom stereocenters. The van der Waals surface area contributed by atoms with E-state index in [1.807, 2.05) is 6.07 Å². The van der Waals surface area contributed by atoms with Gasteiger partial charge in [0.2, 0.25) is 0 Å². The smallest absolute Gasteiger partial charge is 0.178 e. The zero-order chi connectivity index (χ0) is 15.8. The number of hydrogen-bond acceptors (Lipinski definition) is 4. The van der Waals surface area contributed by atoms with E-state index < -0.39 is 0 Å². The lowest BCUT2D eigenvalue weighted by atomic mass is 10.2. The van der Waals surface area contributed by atoms with E-state index in [2.05, 4.69) is 62.4 Å². The van der Waals surface area contributed by atoms with E-state index in [-0.39, 0.29) is 5.78 Å². The Kier molecular flexibility index (Phi) is 9.29. The van der Waals surface area contributed by atoms with E-state index in [0.29, 0.717) is 6.54 Å². The number of ketones is 1. The van der Waals surface area contributed by atoms with Gasteiger partial charge in [0.25, 0.3) is 0 Å². The molecule has 120 valence electrons. The van der Waals surface area contributed by atoms with Gasteiger partial charge in [0.15, 0.2) is 5.78 Å². The summed E-state index contributed by atoms with van der Waals surface area (Å²) in [7, 11) is 0. The fraction of sp³-hybridized carbons (Fsp3) is 0.667. The van der Waals surface area contributed by atoms with Gasteiger partial charge in [0.1, 0.15) is 0 Å². The van der Waals surface area contributed by atoms with Crippen molar-refractivity contribution in [3.8, 4) is 0 Å². The van der Waals surface area contributed by atoms with E-state index in [9.17, 15) is 4.79 Å². The molecule has 1 heterocycles. The number of Topliss-reactive ketones (excluding diaryl/α,β-unsaturated/α-hetero) is 1. The van der Waals surface area contributed by atoms with E-state index in [0.717, 1.165) is 52.3 Å². The quantitative estimate of drug-likeness (QED) is 0.501. The summed E-state index contributed by atoms with van der Waals surface area (Å²) >= 11 is 8.44. The molecule has 0 aliphatic rings. The van der Waals surface area contributed by atoms with E-state index in [1.165, 1.54) is 0 Å². The van der Waals surface area contributed by atoms with Gasteiger partial charge < -0.3 is 4.90 Å². The topological polar surface area (TPSA) is 23.6 Å². The molecule has 0 spiro atoms. The second kappa shape index (κ2) is 10.1. The van der Waals surface area contributed by atoms with Crippen LogP contribution in [-0.4, -0.2) is 54.9 Å². The summed E-state index contributed by atoms with van der Waals surface area (Å²) in [5.41, 5.74) is 0.786. The maximum absolute atomic E-state index is 12.4. The van der Waals surface area contributed by atoms with Gasteiger partial charge in [-0.15, -0.1) is 11.3 Å². The van der Waals surface area contributed by atoms with Gasteiger partial charge in [-0.2, -0.15) is 0 Å². The predicted molar refractivity (Wildman–Crippen MR) is 98.6 cm³/mol. The number of thiophene rings is 1. The van der Waals surface area contributed by atoms with Crippen LogP contribution in [0.2, 0.25) is 0 Å². The third-order valence-electron chi connectivity index (χ3n) is 3.61. The number of halogens is 2. The van der Waals surface area contributed by atoms with E-state index in [1.54, 1.807) is 11.3 Å². The molecule has 3 nitrogen and oxygen atoms in total. The molecule has 0 unspecified atom stereocenters. The Balaban J connectivity index is 2.46. The molecule has 0 aliphatic carbocycles. The molecule has 1 aromatic rings. The van der Waals surface area contributed by atoms with Crippen molar-refractivity contribution < 1.29 is 4.79 Å². The molecule has 0 saturated carbocycles. The molecule has 6 heteroatoms. The first-order valence-electron chi connectivity index (χ1n) is 7.44. The number of likely N-dealkylation sites (N-methyl/N-ethyl adjacent to an activating group) is 1. The predicted octanol–water partition coefficient (Wildman–Crippen LogP) is 4.51. The van der Waals surface area contributed by atoms with Crippen molar-refractivity contribution in [2.24, 2.45) is 0 Å². The minimum absolute atomic E-state index is 0.188. The van der Waals surface area contributed by atoms with Gasteiger partial charge in [-0.3, -0.25) is 9.69 Å². The molecular formula is C15H24Br2N2OS. The van der Waals surface area contributed by atoms with Crippen LogP contribution in [0.1, 0.15) is 37.6 Å². The van der Waals surface area contributed by atoms with Gasteiger partial charge in [0.05, 0.1) is 14.1 Å². The average molecular weight is 440 g/mol. The molecule has 1 rings (SSSR count). The Bertz CT molecular complexity index is 447. The fourth-order valence-corrected chi connectivity index (χ4v) is 5.08. The Morgan fingerprint density at radius 3 is 2.14 bits per heavy atom. The van der Waals surface area contributed by atoms with Gasteiger partial charge in [-0.25, -0.2) is 0 Å². The molecule has 0 amide bonds. The van der Waals surface area contributed by atoms with E-state index >= 15 is 0 Å². The van der Waals surface area contributed by atoms with Crippen molar-refractivity contribution in [2.45, 2.75) is 27.2 Å². The standard InChI is InChI=1S/C15H24Br2N2OS/c1-4-18(5-2)8-7-9-19(6-3)11-13(20)12-10-14(16)21-15(12)17/h10H,4-9,11H2,1-3H3. The Hall–Kier alpha value is 0.250. The van der Waals surface area contributed by atoms with Crippen LogP contribution in [0, 0.1) is 0 Å². The molecular weight excluding hydrogens is 416 g/mol. The Morgan fingerprint density at radius 2 is 1.67 bits per heavy atom. The van der Waals surface area contributed by atoms with Gasteiger partial charge in [-0.1, -0.05) is 20.8 Å². The number of hydrogen-bond donors (Lipinski definition) is 0. The lowest BCUT2D eigenvalue weighted by molar-refractivity contribution is 0.0930. The molecule has 0 saturated heterocycles. The van der Waals surface area contributed by atoms with Crippen LogP contribution in [0.4, 0.5) is 0 Å². The summed E-state index contributed by atoms with van der Waals surface area (Å²) in [5.74, 6) is 0.188. The van der Waals surface area contributed by atoms with Crippen LogP contribution in [0.25, 0.3) is 0 Å². The van der Waals surface area contributed by atoms with E-state index in [4.69, 9.17) is 0 Å². The molecule has 0 bridgehead atoms. The lowest BCUT2D eigenvalue weighted by Gasteiger charge is -2.22. The molecule has 21 heavy (non-hydrogen) atoms. The maximum Gasteiger partial charge on any atom is 0.178 e. The first-order chi connectivity index (χ1) is 10.0. The summed E-state index contributed by atoms with van der Waals surface area (Å²) in [4.78, 5) is 17.0. The second-order valence-corrected chi connectivity index (χ2v) is 8.66. The summed E-state index contributed by atoms with van der Waals surface area (Å²) < 4.78 is 1.90. The Labute approximate surface area is 149 Å². The van der Waals surface area contributed by atoms with Crippen LogP contribution < -0.4 is 0 Å². The first-order valence-corrected chi connectivity index (χ1v) is 9.84. The molecule has 0 radical (unpaired) electrons. The molecule has 0 N–H and O–H groups in total. The largest absolute Gasteiger partial charge is 0.304 e. The van der Waals surface area contributed by atoms with Crippen molar-refractivity contribution in [3.63, 3.8) is 0 Å². The van der Waals surface area contributed by atoms with Crippen LogP contribution >= 0.6 is 43.2 Å². The van der Waals surface area contributed by atoms with Crippen molar-refractivity contribution >= 4 is 49.0 Å². The fourth-order valence-electron chi connectivity index (χ4n) is 2.23. The van der Waals surface area contributed by atoms with Gasteiger partial charge in [-0.05, 0) is 77.1 Å². The van der Waals surface area contributed by atoms with Gasteiger partial charge in [0, 0.05) is 5.56 Å². The highest BCUT2D eigenvalue weighted by Gasteiger charge is 2.16. The number of nitrogens with zero attached hydrogens (tertiary/aromatic N) is 2. The van der Waals surface area contributed by atoms with Crippen LogP contribution in [0.5, 0.6) is 0 Å². The monoisotopic (exact) mass is 438 g/mol. The summed E-state index contributed by atoms with van der Waals surface area (Å²) in [6, 6.07) is 1.90. The normalized spacial score (nSPS) is 11.6. The second-order valence-electron chi connectivity index (χ2n) is 4.91. The summed E-state index contributed by atoms with van der Waals surface area (Å²) in [5, 5.41) is 0. The number of rotatable bonds is 10. The average Bonchev–Trinajstić information content (AvgIpc) is 2.81. The van der Waals surface area contributed by atoms with Gasteiger partial charge >= 0.3 is 0 Å². The van der Waals surface area contributed by atoms with Crippen LogP contribution in [0.15, 0.2) is 13.6 Å². The minimum Gasteiger partial charge on any atom is -0.304 e. The molecule has 0 aromatic carbocycles. The summed E-state index contributed by atoms with van der Waals surface area (Å²) in [6.45, 7) is 12.2. The summed E-state index contributed by atoms with van der Waals surface area (Å²) in [6.07, 6.45) is 1.11. The van der Waals surface area contributed by atoms with Crippen molar-refractivity contribution in [1.82, 2.24) is 9.80 Å². The number of carbonyl (C=O) groups is 1.